The van der Waals surface area contributed by atoms with E-state index in [4.69, 9.17) is 0 Å². The van der Waals surface area contributed by atoms with E-state index in [-0.39, 0.29) is 0 Å². The predicted octanol–water partition coefficient (Wildman–Crippen LogP) is 1.32. The highest BCUT2D eigenvalue weighted by molar-refractivity contribution is 5.79. The molecule has 1 aromatic rings. The van der Waals surface area contributed by atoms with Crippen LogP contribution >= 0.6 is 0 Å². The summed E-state index contributed by atoms with van der Waals surface area (Å²) in [5.74, 6) is 0. The number of nitrogens with zero attached hydrogens (tertiary/aromatic N) is 2. The van der Waals surface area contributed by atoms with Gasteiger partial charge in [0.05, 0.1) is 14.1 Å². The number of hydrogen-bond donors (Lipinski definition) is 0. The van der Waals surface area contributed by atoms with Crippen molar-refractivity contribution in [2.45, 2.75) is 0 Å². The summed E-state index contributed by atoms with van der Waals surface area (Å²) in [5, 5.41) is 0. The molecule has 0 bridgehead atoms. The molecule has 0 aliphatic carbocycles. The molecule has 0 spiro atoms. The maximum atomic E-state index is 2.12. The zero-order chi connectivity index (χ0) is 8.55. The SMILES string of the molecule is CN1C=[N+](C)[CH-]c2ccccc21. The molecule has 2 heteroatoms. The van der Waals surface area contributed by atoms with Crippen molar-refractivity contribution in [3.63, 3.8) is 0 Å². The van der Waals surface area contributed by atoms with E-state index in [2.05, 4.69) is 53.7 Å². The number of para-hydroxylation sites is 1. The Kier molecular flexibility index (Phi) is 1.54. The topological polar surface area (TPSA) is 6.25 Å². The summed E-state index contributed by atoms with van der Waals surface area (Å²) in [6.45, 7) is 2.12. The predicted molar refractivity (Wildman–Crippen MR) is 50.5 cm³/mol. The highest BCUT2D eigenvalue weighted by Gasteiger charge is 2.09. The Labute approximate surface area is 72.8 Å². The quantitative estimate of drug-likeness (QED) is 0.410. The zero-order valence-corrected chi connectivity index (χ0v) is 7.36. The van der Waals surface area contributed by atoms with E-state index in [1.54, 1.807) is 0 Å². The summed E-state index contributed by atoms with van der Waals surface area (Å²) in [5.41, 5.74) is 2.53. The minimum absolute atomic E-state index is 1.26. The zero-order valence-electron chi connectivity index (χ0n) is 7.36. The van der Waals surface area contributed by atoms with Gasteiger partial charge in [-0.05, 0) is 0 Å². The normalized spacial score (nSPS) is 14.8. The third-order valence-corrected chi connectivity index (χ3v) is 2.01. The molecule has 0 fully saturated rings. The van der Waals surface area contributed by atoms with Gasteiger partial charge in [-0.2, -0.15) is 0 Å². The monoisotopic (exact) mass is 160 g/mol. The van der Waals surface area contributed by atoms with Gasteiger partial charge in [-0.1, -0.05) is 17.7 Å². The lowest BCUT2D eigenvalue weighted by atomic mass is 10.1. The fourth-order valence-electron chi connectivity index (χ4n) is 1.51. The smallest absolute Gasteiger partial charge is 0.164 e. The second kappa shape index (κ2) is 2.55. The van der Waals surface area contributed by atoms with Crippen molar-refractivity contribution in [1.82, 2.24) is 0 Å². The van der Waals surface area contributed by atoms with Crippen LogP contribution in [0.15, 0.2) is 24.3 Å². The summed E-state index contributed by atoms with van der Waals surface area (Å²) in [7, 11) is 4.09. The maximum absolute atomic E-state index is 2.12. The molecule has 1 aliphatic heterocycles. The van der Waals surface area contributed by atoms with Gasteiger partial charge in [-0.3, -0.25) is 0 Å². The Morgan fingerprint density at radius 1 is 1.33 bits per heavy atom. The summed E-state index contributed by atoms with van der Waals surface area (Å²) in [4.78, 5) is 2.12. The molecule has 0 radical (unpaired) electrons. The molecule has 1 heterocycles. The molecule has 62 valence electrons. The first-order valence-corrected chi connectivity index (χ1v) is 4.01. The standard InChI is InChI=1S/C10H12N2/c1-11-7-9-5-3-4-6-10(9)12(2)8-11/h3-8H,1-2H3. The van der Waals surface area contributed by atoms with Crippen LogP contribution in [-0.2, 0) is 0 Å². The molecular formula is C10H12N2. The largest absolute Gasteiger partial charge is 0.323 e. The van der Waals surface area contributed by atoms with Crippen LogP contribution < -0.4 is 4.90 Å². The molecule has 1 aromatic carbocycles. The second-order valence-corrected chi connectivity index (χ2v) is 3.08. The van der Waals surface area contributed by atoms with Gasteiger partial charge >= 0.3 is 0 Å². The van der Waals surface area contributed by atoms with Crippen LogP contribution in [0.4, 0.5) is 5.69 Å². The molecule has 1 aliphatic rings. The Morgan fingerprint density at radius 3 is 2.92 bits per heavy atom. The van der Waals surface area contributed by atoms with Gasteiger partial charge in [0.25, 0.3) is 0 Å². The van der Waals surface area contributed by atoms with Gasteiger partial charge < -0.3 is 9.48 Å². The Balaban J connectivity index is 2.48. The average Bonchev–Trinajstić information content (AvgIpc) is 2.04. The van der Waals surface area contributed by atoms with Gasteiger partial charge in [0.1, 0.15) is 0 Å². The van der Waals surface area contributed by atoms with Crippen molar-refractivity contribution in [2.75, 3.05) is 19.0 Å². The molecule has 2 rings (SSSR count). The molecule has 0 unspecified atom stereocenters. The van der Waals surface area contributed by atoms with Crippen LogP contribution in [0.2, 0.25) is 0 Å². The molecule has 0 amide bonds. The molecule has 0 aromatic heterocycles. The van der Waals surface area contributed by atoms with Gasteiger partial charge in [-0.25, -0.2) is 0 Å². The number of rotatable bonds is 0. The Morgan fingerprint density at radius 2 is 2.08 bits per heavy atom. The van der Waals surface area contributed by atoms with Gasteiger partial charge in [0.15, 0.2) is 6.34 Å². The molecular weight excluding hydrogens is 148 g/mol. The molecule has 0 saturated heterocycles. The Hall–Kier alpha value is -1.44. The van der Waals surface area contributed by atoms with Crippen molar-refractivity contribution < 1.29 is 4.58 Å². The van der Waals surface area contributed by atoms with Crippen LogP contribution in [0.1, 0.15) is 5.56 Å². The number of hydrogen-bond acceptors (Lipinski definition) is 1. The highest BCUT2D eigenvalue weighted by Crippen LogP contribution is 2.22. The average molecular weight is 160 g/mol. The minimum Gasteiger partial charge on any atom is -0.323 e. The minimum atomic E-state index is 1.26. The van der Waals surface area contributed by atoms with E-state index in [1.807, 2.05) is 7.05 Å². The first-order valence-electron chi connectivity index (χ1n) is 4.01. The summed E-state index contributed by atoms with van der Waals surface area (Å²) < 4.78 is 2.06. The molecule has 0 saturated carbocycles. The highest BCUT2D eigenvalue weighted by atomic mass is 15.2. The third-order valence-electron chi connectivity index (χ3n) is 2.01. The molecule has 12 heavy (non-hydrogen) atoms. The summed E-state index contributed by atoms with van der Waals surface area (Å²) >= 11 is 0. The van der Waals surface area contributed by atoms with Crippen LogP contribution in [0.25, 0.3) is 0 Å². The third kappa shape index (κ3) is 1.05. The molecule has 0 N–H and O–H groups in total. The first kappa shape index (κ1) is 7.22. The van der Waals surface area contributed by atoms with Gasteiger partial charge in [-0.15, -0.1) is 12.1 Å². The maximum Gasteiger partial charge on any atom is 0.164 e. The van der Waals surface area contributed by atoms with Crippen LogP contribution in [-0.4, -0.2) is 25.0 Å². The van der Waals surface area contributed by atoms with Crippen molar-refractivity contribution in [3.05, 3.63) is 36.4 Å². The van der Waals surface area contributed by atoms with E-state index >= 15 is 0 Å². The van der Waals surface area contributed by atoms with Crippen molar-refractivity contribution in [3.8, 4) is 0 Å². The lowest BCUT2D eigenvalue weighted by Gasteiger charge is -2.25. The fourth-order valence-corrected chi connectivity index (χ4v) is 1.51. The van der Waals surface area contributed by atoms with Crippen molar-refractivity contribution in [1.29, 1.82) is 0 Å². The summed E-state index contributed by atoms with van der Waals surface area (Å²) in [6, 6.07) is 8.36. The van der Waals surface area contributed by atoms with Crippen molar-refractivity contribution >= 4 is 12.0 Å². The summed E-state index contributed by atoms with van der Waals surface area (Å²) in [6.07, 6.45) is 2.06. The lowest BCUT2D eigenvalue weighted by molar-refractivity contribution is -0.445. The van der Waals surface area contributed by atoms with E-state index in [0.29, 0.717) is 0 Å². The van der Waals surface area contributed by atoms with Crippen LogP contribution in [0, 0.1) is 6.54 Å². The second-order valence-electron chi connectivity index (χ2n) is 3.08. The number of benzene rings is 1. The number of fused-ring (bicyclic) bond motifs is 1. The van der Waals surface area contributed by atoms with Gasteiger partial charge in [0.2, 0.25) is 0 Å². The lowest BCUT2D eigenvalue weighted by Crippen LogP contribution is -2.27. The molecule has 2 nitrogen and oxygen atoms in total. The van der Waals surface area contributed by atoms with Crippen LogP contribution in [0.5, 0.6) is 0 Å². The van der Waals surface area contributed by atoms with E-state index in [9.17, 15) is 0 Å². The van der Waals surface area contributed by atoms with E-state index < -0.39 is 0 Å². The Bertz CT molecular complexity index is 328. The molecule has 0 atom stereocenters. The van der Waals surface area contributed by atoms with Crippen molar-refractivity contribution in [2.24, 2.45) is 0 Å². The fraction of sp³-hybridized carbons (Fsp3) is 0.200. The number of anilines is 1. The van der Waals surface area contributed by atoms with Gasteiger partial charge in [0, 0.05) is 12.2 Å². The van der Waals surface area contributed by atoms with Crippen LogP contribution in [0.3, 0.4) is 0 Å². The van der Waals surface area contributed by atoms with E-state index in [0.717, 1.165) is 0 Å². The first-order chi connectivity index (χ1) is 5.77. The van der Waals surface area contributed by atoms with E-state index in [1.165, 1.54) is 11.3 Å².